The zero-order valence-electron chi connectivity index (χ0n) is 9.93. The van der Waals surface area contributed by atoms with E-state index in [4.69, 9.17) is 0 Å². The predicted octanol–water partition coefficient (Wildman–Crippen LogP) is 3.83. The van der Waals surface area contributed by atoms with Crippen LogP contribution in [0.4, 0.5) is 17.6 Å². The highest BCUT2D eigenvalue weighted by atomic mass is 19.4. The third-order valence-electron chi connectivity index (χ3n) is 3.22. The molecule has 0 spiro atoms. The van der Waals surface area contributed by atoms with Gasteiger partial charge in [-0.15, -0.1) is 0 Å². The van der Waals surface area contributed by atoms with Gasteiger partial charge in [0.15, 0.2) is 0 Å². The number of alkyl halides is 3. The summed E-state index contributed by atoms with van der Waals surface area (Å²) in [6, 6.07) is 2.92. The van der Waals surface area contributed by atoms with Gasteiger partial charge in [0.05, 0.1) is 5.56 Å². The predicted molar refractivity (Wildman–Crippen MR) is 60.5 cm³/mol. The fourth-order valence-corrected chi connectivity index (χ4v) is 2.31. The normalized spacial score (nSPS) is 18.0. The SMILES string of the molecule is Fc1ccc(CN2CCCCC2)c(C(F)(F)F)c1. The molecule has 0 bridgehead atoms. The van der Waals surface area contributed by atoms with E-state index in [2.05, 4.69) is 0 Å². The molecular weight excluding hydrogens is 246 g/mol. The number of hydrogen-bond acceptors (Lipinski definition) is 1. The summed E-state index contributed by atoms with van der Waals surface area (Å²) in [7, 11) is 0. The van der Waals surface area contributed by atoms with Crippen molar-refractivity contribution < 1.29 is 17.6 Å². The fraction of sp³-hybridized carbons (Fsp3) is 0.538. The average Bonchev–Trinajstić information content (AvgIpc) is 2.31. The first-order valence-corrected chi connectivity index (χ1v) is 6.05. The van der Waals surface area contributed by atoms with E-state index in [1.165, 1.54) is 6.07 Å². The van der Waals surface area contributed by atoms with E-state index in [1.807, 2.05) is 4.90 Å². The Hall–Kier alpha value is -1.10. The van der Waals surface area contributed by atoms with Gasteiger partial charge in [0.2, 0.25) is 0 Å². The Balaban J connectivity index is 2.21. The molecule has 0 aliphatic carbocycles. The van der Waals surface area contributed by atoms with Crippen LogP contribution in [0.2, 0.25) is 0 Å². The van der Waals surface area contributed by atoms with Gasteiger partial charge in [0, 0.05) is 6.54 Å². The van der Waals surface area contributed by atoms with E-state index < -0.39 is 17.6 Å². The molecule has 1 fully saturated rings. The van der Waals surface area contributed by atoms with Crippen LogP contribution in [0.1, 0.15) is 30.4 Å². The van der Waals surface area contributed by atoms with E-state index in [1.54, 1.807) is 0 Å². The lowest BCUT2D eigenvalue weighted by Crippen LogP contribution is -2.30. The van der Waals surface area contributed by atoms with E-state index in [0.29, 0.717) is 6.07 Å². The van der Waals surface area contributed by atoms with Gasteiger partial charge >= 0.3 is 6.18 Å². The molecule has 1 heterocycles. The van der Waals surface area contributed by atoms with Crippen molar-refractivity contribution in [1.29, 1.82) is 0 Å². The molecule has 5 heteroatoms. The van der Waals surface area contributed by atoms with Crippen LogP contribution in [-0.2, 0) is 12.7 Å². The molecule has 0 saturated carbocycles. The molecule has 1 aromatic rings. The van der Waals surface area contributed by atoms with Gasteiger partial charge in [-0.1, -0.05) is 12.5 Å². The molecule has 2 rings (SSSR count). The summed E-state index contributed by atoms with van der Waals surface area (Å²) in [6.07, 6.45) is -1.33. The van der Waals surface area contributed by atoms with Gasteiger partial charge in [0.25, 0.3) is 0 Å². The van der Waals surface area contributed by atoms with Crippen LogP contribution < -0.4 is 0 Å². The lowest BCUT2D eigenvalue weighted by molar-refractivity contribution is -0.138. The molecule has 0 amide bonds. The lowest BCUT2D eigenvalue weighted by atomic mass is 10.0. The maximum absolute atomic E-state index is 12.9. The summed E-state index contributed by atoms with van der Waals surface area (Å²) in [5.74, 6) is -0.843. The smallest absolute Gasteiger partial charge is 0.299 e. The number of halogens is 4. The molecule has 1 aliphatic rings. The second kappa shape index (κ2) is 5.26. The minimum Gasteiger partial charge on any atom is -0.299 e. The van der Waals surface area contributed by atoms with Crippen LogP contribution >= 0.6 is 0 Å². The Bertz CT molecular complexity index is 408. The van der Waals surface area contributed by atoms with Crippen LogP contribution in [0.3, 0.4) is 0 Å². The van der Waals surface area contributed by atoms with Crippen molar-refractivity contribution in [3.05, 3.63) is 35.1 Å². The zero-order valence-corrected chi connectivity index (χ0v) is 9.93. The number of benzene rings is 1. The molecule has 0 radical (unpaired) electrons. The van der Waals surface area contributed by atoms with Gasteiger partial charge in [-0.25, -0.2) is 4.39 Å². The Morgan fingerprint density at radius 1 is 1.06 bits per heavy atom. The Labute approximate surface area is 103 Å². The largest absolute Gasteiger partial charge is 0.416 e. The average molecular weight is 261 g/mol. The summed E-state index contributed by atoms with van der Waals surface area (Å²) in [6.45, 7) is 1.87. The number of hydrogen-bond donors (Lipinski definition) is 0. The topological polar surface area (TPSA) is 3.24 Å². The minimum absolute atomic E-state index is 0.158. The molecule has 0 aromatic heterocycles. The van der Waals surface area contributed by atoms with Crippen molar-refractivity contribution in [3.63, 3.8) is 0 Å². The monoisotopic (exact) mass is 261 g/mol. The standard InChI is InChI=1S/C13H15F4N/c14-11-5-4-10(12(8-11)13(15,16)17)9-18-6-2-1-3-7-18/h4-5,8H,1-3,6-7,9H2. The fourth-order valence-electron chi connectivity index (χ4n) is 2.31. The lowest BCUT2D eigenvalue weighted by Gasteiger charge is -2.27. The molecule has 1 nitrogen and oxygen atoms in total. The van der Waals surface area contributed by atoms with Crippen LogP contribution in [0.25, 0.3) is 0 Å². The third-order valence-corrected chi connectivity index (χ3v) is 3.22. The number of likely N-dealkylation sites (tertiary alicyclic amines) is 1. The summed E-state index contributed by atoms with van der Waals surface area (Å²) in [5.41, 5.74) is -0.695. The molecule has 0 N–H and O–H groups in total. The van der Waals surface area contributed by atoms with Gasteiger partial charge in [-0.05, 0) is 43.6 Å². The first kappa shape index (κ1) is 13.3. The molecule has 0 unspecified atom stereocenters. The molecule has 1 aromatic carbocycles. The molecule has 0 atom stereocenters. The van der Waals surface area contributed by atoms with Crippen molar-refractivity contribution in [2.75, 3.05) is 13.1 Å². The maximum Gasteiger partial charge on any atom is 0.416 e. The van der Waals surface area contributed by atoms with E-state index in [0.717, 1.165) is 38.4 Å². The van der Waals surface area contributed by atoms with Crippen molar-refractivity contribution in [2.24, 2.45) is 0 Å². The first-order chi connectivity index (χ1) is 8.47. The third kappa shape index (κ3) is 3.22. The minimum atomic E-state index is -4.49. The number of rotatable bonds is 2. The maximum atomic E-state index is 12.9. The molecular formula is C13H15F4N. The molecule has 1 saturated heterocycles. The van der Waals surface area contributed by atoms with Crippen LogP contribution in [0.5, 0.6) is 0 Å². The highest BCUT2D eigenvalue weighted by Crippen LogP contribution is 2.33. The van der Waals surface area contributed by atoms with E-state index >= 15 is 0 Å². The highest BCUT2D eigenvalue weighted by Gasteiger charge is 2.34. The summed E-state index contributed by atoms with van der Waals surface area (Å²) < 4.78 is 51.3. The zero-order chi connectivity index (χ0) is 13.2. The van der Waals surface area contributed by atoms with E-state index in [9.17, 15) is 17.6 Å². The molecule has 100 valence electrons. The Morgan fingerprint density at radius 3 is 2.33 bits per heavy atom. The van der Waals surface area contributed by atoms with Crippen molar-refractivity contribution >= 4 is 0 Å². The van der Waals surface area contributed by atoms with Gasteiger partial charge in [0.1, 0.15) is 5.82 Å². The van der Waals surface area contributed by atoms with Crippen molar-refractivity contribution in [1.82, 2.24) is 4.90 Å². The number of piperidine rings is 1. The quantitative estimate of drug-likeness (QED) is 0.731. The number of nitrogens with zero attached hydrogens (tertiary/aromatic N) is 1. The second-order valence-corrected chi connectivity index (χ2v) is 4.64. The first-order valence-electron chi connectivity index (χ1n) is 6.05. The summed E-state index contributed by atoms with van der Waals surface area (Å²) >= 11 is 0. The molecule has 18 heavy (non-hydrogen) atoms. The molecule has 1 aliphatic heterocycles. The van der Waals surface area contributed by atoms with Gasteiger partial charge < -0.3 is 0 Å². The summed E-state index contributed by atoms with van der Waals surface area (Å²) in [5, 5.41) is 0. The van der Waals surface area contributed by atoms with E-state index in [-0.39, 0.29) is 12.1 Å². The van der Waals surface area contributed by atoms with Crippen molar-refractivity contribution in [3.8, 4) is 0 Å². The summed E-state index contributed by atoms with van der Waals surface area (Å²) in [4.78, 5) is 1.99. The van der Waals surface area contributed by atoms with Crippen molar-refractivity contribution in [2.45, 2.75) is 32.0 Å². The van der Waals surface area contributed by atoms with Gasteiger partial charge in [-0.3, -0.25) is 4.90 Å². The van der Waals surface area contributed by atoms with Gasteiger partial charge in [-0.2, -0.15) is 13.2 Å². The van der Waals surface area contributed by atoms with Crippen LogP contribution in [0, 0.1) is 5.82 Å². The van der Waals surface area contributed by atoms with Crippen LogP contribution in [-0.4, -0.2) is 18.0 Å². The van der Waals surface area contributed by atoms with Crippen LogP contribution in [0.15, 0.2) is 18.2 Å². The second-order valence-electron chi connectivity index (χ2n) is 4.64. The Kier molecular flexibility index (Phi) is 3.90. The highest BCUT2D eigenvalue weighted by molar-refractivity contribution is 5.30. The Morgan fingerprint density at radius 2 is 1.72 bits per heavy atom.